The highest BCUT2D eigenvalue weighted by molar-refractivity contribution is 6.31. The minimum atomic E-state index is -0.206. The topological polar surface area (TPSA) is 51.9 Å². The van der Waals surface area contributed by atoms with Gasteiger partial charge >= 0.3 is 0 Å². The van der Waals surface area contributed by atoms with Gasteiger partial charge in [0.25, 0.3) is 5.91 Å². The van der Waals surface area contributed by atoms with Crippen molar-refractivity contribution in [2.45, 2.75) is 13.5 Å². The fourth-order valence-electron chi connectivity index (χ4n) is 3.01. The van der Waals surface area contributed by atoms with E-state index >= 15 is 0 Å². The maximum Gasteiger partial charge on any atom is 0.256 e. The second-order valence-corrected chi connectivity index (χ2v) is 6.90. The number of nitrogens with zero attached hydrogens (tertiary/aromatic N) is 3. The number of halogens is 1. The van der Waals surface area contributed by atoms with E-state index in [0.29, 0.717) is 22.9 Å². The number of aryl methyl sites for hydroxylation is 1. The van der Waals surface area contributed by atoms with Gasteiger partial charge in [-0.25, -0.2) is 4.68 Å². The molecule has 5 nitrogen and oxygen atoms in total. The molecule has 4 rings (SSSR count). The molecule has 2 heterocycles. The standard InChI is InChI=1S/C22H19ClN4O/c1-16-8-10-18(11-9-16)27-22(26-12-4-5-13-26)19(15-25-27)21(28)24-14-17-6-2-3-7-20(17)23/h2-13,15H,14H2,1H3,(H,24,28). The molecule has 1 N–H and O–H groups in total. The van der Waals surface area contributed by atoms with Crippen LogP contribution in [0, 0.1) is 6.92 Å². The molecular weight excluding hydrogens is 372 g/mol. The van der Waals surface area contributed by atoms with Crippen molar-refractivity contribution in [3.8, 4) is 11.5 Å². The summed E-state index contributed by atoms with van der Waals surface area (Å²) in [5.74, 6) is 0.479. The third-order valence-corrected chi connectivity index (χ3v) is 4.88. The quantitative estimate of drug-likeness (QED) is 0.543. The van der Waals surface area contributed by atoms with Gasteiger partial charge < -0.3 is 9.88 Å². The van der Waals surface area contributed by atoms with Crippen LogP contribution in [-0.2, 0) is 6.54 Å². The zero-order valence-corrected chi connectivity index (χ0v) is 16.1. The van der Waals surface area contributed by atoms with E-state index in [4.69, 9.17) is 11.6 Å². The average Bonchev–Trinajstić information content (AvgIpc) is 3.37. The molecule has 28 heavy (non-hydrogen) atoms. The molecule has 0 saturated heterocycles. The van der Waals surface area contributed by atoms with Crippen LogP contribution in [0.2, 0.25) is 5.02 Å². The summed E-state index contributed by atoms with van der Waals surface area (Å²) in [6.07, 6.45) is 5.39. The molecular formula is C22H19ClN4O. The van der Waals surface area contributed by atoms with E-state index in [2.05, 4.69) is 10.4 Å². The van der Waals surface area contributed by atoms with E-state index in [-0.39, 0.29) is 5.91 Å². The Morgan fingerprint density at radius 1 is 1.04 bits per heavy atom. The van der Waals surface area contributed by atoms with Crippen LogP contribution in [-0.4, -0.2) is 20.3 Å². The van der Waals surface area contributed by atoms with E-state index in [1.54, 1.807) is 10.9 Å². The van der Waals surface area contributed by atoms with E-state index in [0.717, 1.165) is 16.8 Å². The molecule has 2 aromatic heterocycles. The fourth-order valence-corrected chi connectivity index (χ4v) is 3.22. The molecule has 0 radical (unpaired) electrons. The van der Waals surface area contributed by atoms with Crippen LogP contribution in [0.3, 0.4) is 0 Å². The van der Waals surface area contributed by atoms with Gasteiger partial charge in [0, 0.05) is 24.0 Å². The normalized spacial score (nSPS) is 10.8. The molecule has 0 atom stereocenters. The van der Waals surface area contributed by atoms with Crippen molar-refractivity contribution < 1.29 is 4.79 Å². The van der Waals surface area contributed by atoms with Gasteiger partial charge in [0.2, 0.25) is 0 Å². The van der Waals surface area contributed by atoms with E-state index in [9.17, 15) is 4.79 Å². The Hall–Kier alpha value is -3.31. The Morgan fingerprint density at radius 3 is 2.46 bits per heavy atom. The first-order valence-electron chi connectivity index (χ1n) is 8.93. The lowest BCUT2D eigenvalue weighted by atomic mass is 10.2. The summed E-state index contributed by atoms with van der Waals surface area (Å²) in [6.45, 7) is 2.38. The third kappa shape index (κ3) is 3.57. The summed E-state index contributed by atoms with van der Waals surface area (Å²) >= 11 is 6.19. The summed E-state index contributed by atoms with van der Waals surface area (Å²) in [6, 6.07) is 19.3. The summed E-state index contributed by atoms with van der Waals surface area (Å²) in [7, 11) is 0. The Balaban J connectivity index is 1.68. The Kier molecular flexibility index (Phi) is 5.00. The van der Waals surface area contributed by atoms with E-state index in [1.807, 2.05) is 84.5 Å². The molecule has 0 aliphatic rings. The molecule has 0 fully saturated rings. The van der Waals surface area contributed by atoms with Gasteiger partial charge in [-0.2, -0.15) is 5.10 Å². The van der Waals surface area contributed by atoms with Crippen LogP contribution in [0.5, 0.6) is 0 Å². The van der Waals surface area contributed by atoms with Gasteiger partial charge in [-0.3, -0.25) is 4.79 Å². The number of carbonyl (C=O) groups is 1. The minimum absolute atomic E-state index is 0.206. The van der Waals surface area contributed by atoms with Crippen LogP contribution < -0.4 is 5.32 Å². The number of hydrogen-bond acceptors (Lipinski definition) is 2. The van der Waals surface area contributed by atoms with E-state index < -0.39 is 0 Å². The second-order valence-electron chi connectivity index (χ2n) is 6.49. The number of carbonyl (C=O) groups excluding carboxylic acids is 1. The SMILES string of the molecule is Cc1ccc(-n2ncc(C(=O)NCc3ccccc3Cl)c2-n2cccc2)cc1. The summed E-state index contributed by atoms with van der Waals surface area (Å²) in [5.41, 5.74) is 3.41. The number of nitrogens with one attached hydrogen (secondary N) is 1. The van der Waals surface area contributed by atoms with Crippen LogP contribution in [0.1, 0.15) is 21.5 Å². The average molecular weight is 391 g/mol. The lowest BCUT2D eigenvalue weighted by Crippen LogP contribution is -2.24. The van der Waals surface area contributed by atoms with Crippen molar-refractivity contribution >= 4 is 17.5 Å². The van der Waals surface area contributed by atoms with Crippen molar-refractivity contribution in [3.63, 3.8) is 0 Å². The van der Waals surface area contributed by atoms with Crippen LogP contribution in [0.15, 0.2) is 79.3 Å². The Labute approximate surface area is 168 Å². The molecule has 4 aromatic rings. The molecule has 0 aliphatic heterocycles. The first kappa shape index (κ1) is 18.1. The van der Waals surface area contributed by atoms with Crippen molar-refractivity contribution in [2.24, 2.45) is 0 Å². The lowest BCUT2D eigenvalue weighted by molar-refractivity contribution is 0.0951. The summed E-state index contributed by atoms with van der Waals surface area (Å²) in [5, 5.41) is 8.05. The largest absolute Gasteiger partial charge is 0.348 e. The highest BCUT2D eigenvalue weighted by Crippen LogP contribution is 2.21. The predicted molar refractivity (Wildman–Crippen MR) is 110 cm³/mol. The van der Waals surface area contributed by atoms with Crippen LogP contribution in [0.25, 0.3) is 11.5 Å². The second kappa shape index (κ2) is 7.74. The molecule has 1 amide bonds. The Bertz CT molecular complexity index is 1100. The van der Waals surface area contributed by atoms with Crippen molar-refractivity contribution in [1.29, 1.82) is 0 Å². The summed E-state index contributed by atoms with van der Waals surface area (Å²) in [4.78, 5) is 12.9. The molecule has 0 bridgehead atoms. The third-order valence-electron chi connectivity index (χ3n) is 4.51. The highest BCUT2D eigenvalue weighted by Gasteiger charge is 2.20. The van der Waals surface area contributed by atoms with Crippen molar-refractivity contribution in [1.82, 2.24) is 19.7 Å². The van der Waals surface area contributed by atoms with Gasteiger partial charge in [0.15, 0.2) is 5.82 Å². The number of aromatic nitrogens is 3. The zero-order chi connectivity index (χ0) is 19.5. The number of benzene rings is 2. The van der Waals surface area contributed by atoms with Crippen LogP contribution in [0.4, 0.5) is 0 Å². The maximum absolute atomic E-state index is 12.9. The van der Waals surface area contributed by atoms with Gasteiger partial charge in [-0.05, 0) is 42.8 Å². The van der Waals surface area contributed by atoms with Gasteiger partial charge in [-0.1, -0.05) is 47.5 Å². The molecule has 0 unspecified atom stereocenters. The molecule has 0 saturated carbocycles. The summed E-state index contributed by atoms with van der Waals surface area (Å²) < 4.78 is 3.65. The van der Waals surface area contributed by atoms with Gasteiger partial charge in [-0.15, -0.1) is 0 Å². The molecule has 0 aliphatic carbocycles. The number of rotatable bonds is 5. The fraction of sp³-hybridized carbons (Fsp3) is 0.0909. The van der Waals surface area contributed by atoms with Crippen molar-refractivity contribution in [2.75, 3.05) is 0 Å². The monoisotopic (exact) mass is 390 g/mol. The highest BCUT2D eigenvalue weighted by atomic mass is 35.5. The van der Waals surface area contributed by atoms with Crippen molar-refractivity contribution in [3.05, 3.63) is 101 Å². The van der Waals surface area contributed by atoms with Gasteiger partial charge in [0.05, 0.1) is 11.9 Å². The predicted octanol–water partition coefficient (Wildman–Crippen LogP) is 4.55. The maximum atomic E-state index is 12.9. The first-order chi connectivity index (χ1) is 13.6. The smallest absolute Gasteiger partial charge is 0.256 e. The molecule has 6 heteroatoms. The molecule has 140 valence electrons. The number of hydrogen-bond donors (Lipinski definition) is 1. The first-order valence-corrected chi connectivity index (χ1v) is 9.31. The number of amides is 1. The Morgan fingerprint density at radius 2 is 1.75 bits per heavy atom. The molecule has 2 aromatic carbocycles. The minimum Gasteiger partial charge on any atom is -0.348 e. The van der Waals surface area contributed by atoms with Gasteiger partial charge in [0.1, 0.15) is 5.56 Å². The zero-order valence-electron chi connectivity index (χ0n) is 15.3. The van der Waals surface area contributed by atoms with Crippen LogP contribution >= 0.6 is 11.6 Å². The lowest BCUT2D eigenvalue weighted by Gasteiger charge is -2.12. The molecule has 0 spiro atoms. The van der Waals surface area contributed by atoms with E-state index in [1.165, 1.54) is 0 Å².